The van der Waals surface area contributed by atoms with Crippen LogP contribution >= 0.6 is 0 Å². The highest BCUT2D eigenvalue weighted by Gasteiger charge is 2.27. The third kappa shape index (κ3) is 6.51. The van der Waals surface area contributed by atoms with Gasteiger partial charge in [-0.2, -0.15) is 0 Å². The van der Waals surface area contributed by atoms with E-state index in [4.69, 9.17) is 5.11 Å². The number of aliphatic carboxylic acids is 1. The molecule has 1 saturated carbocycles. The van der Waals surface area contributed by atoms with Gasteiger partial charge in [0.05, 0.1) is 6.54 Å². The summed E-state index contributed by atoms with van der Waals surface area (Å²) in [6, 6.07) is 24.7. The lowest BCUT2D eigenvalue weighted by Gasteiger charge is -2.30. The van der Waals surface area contributed by atoms with Crippen molar-refractivity contribution in [3.63, 3.8) is 0 Å². The van der Waals surface area contributed by atoms with Gasteiger partial charge in [0, 0.05) is 17.7 Å². The number of nitrogens with zero attached hydrogens (tertiary/aromatic N) is 1. The maximum absolute atomic E-state index is 13.7. The van der Waals surface area contributed by atoms with E-state index in [0.29, 0.717) is 12.5 Å². The Bertz CT molecular complexity index is 1220. The minimum absolute atomic E-state index is 0.0371. The van der Waals surface area contributed by atoms with Crippen LogP contribution in [0.25, 0.3) is 17.2 Å². The molecule has 0 aromatic heterocycles. The lowest BCUT2D eigenvalue weighted by atomic mass is 9.88. The van der Waals surface area contributed by atoms with E-state index in [1.807, 2.05) is 29.2 Å². The van der Waals surface area contributed by atoms with Gasteiger partial charge in [0.1, 0.15) is 0 Å². The largest absolute Gasteiger partial charge is 0.478 e. The minimum Gasteiger partial charge on any atom is -0.478 e. The number of rotatable bonds is 8. The first-order chi connectivity index (χ1) is 17.4. The summed E-state index contributed by atoms with van der Waals surface area (Å²) in [7, 11) is 0. The zero-order chi connectivity index (χ0) is 25.5. The number of hydrogen-bond donors (Lipinski definition) is 1. The first-order valence-electron chi connectivity index (χ1n) is 12.9. The molecule has 36 heavy (non-hydrogen) atoms. The zero-order valence-electron chi connectivity index (χ0n) is 21.2. The molecule has 0 unspecified atom stereocenters. The molecule has 0 spiro atoms. The highest BCUT2D eigenvalue weighted by Crippen LogP contribution is 2.30. The lowest BCUT2D eigenvalue weighted by molar-refractivity contribution is -0.131. The van der Waals surface area contributed by atoms with E-state index in [1.165, 1.54) is 17.5 Å². The second kappa shape index (κ2) is 11.9. The second-order valence-electron chi connectivity index (χ2n) is 10.0. The number of benzene rings is 3. The fraction of sp³-hybridized carbons (Fsp3) is 0.312. The summed E-state index contributed by atoms with van der Waals surface area (Å²) < 4.78 is 0. The van der Waals surface area contributed by atoms with Gasteiger partial charge in [-0.15, -0.1) is 0 Å². The molecule has 3 aromatic carbocycles. The Morgan fingerprint density at radius 2 is 1.64 bits per heavy atom. The number of carboxylic acids is 1. The summed E-state index contributed by atoms with van der Waals surface area (Å²) >= 11 is 0. The van der Waals surface area contributed by atoms with Gasteiger partial charge in [0.25, 0.3) is 0 Å². The van der Waals surface area contributed by atoms with Crippen LogP contribution in [0.4, 0.5) is 5.69 Å². The molecule has 1 fully saturated rings. The molecule has 1 aliphatic carbocycles. The molecular formula is C32H35NO3. The maximum Gasteiger partial charge on any atom is 0.328 e. The zero-order valence-corrected chi connectivity index (χ0v) is 21.2. The summed E-state index contributed by atoms with van der Waals surface area (Å²) in [5.41, 5.74) is 6.30. The third-order valence-corrected chi connectivity index (χ3v) is 7.00. The van der Waals surface area contributed by atoms with E-state index in [-0.39, 0.29) is 11.8 Å². The fourth-order valence-electron chi connectivity index (χ4n) is 4.89. The molecular weight excluding hydrogens is 446 g/mol. The van der Waals surface area contributed by atoms with Gasteiger partial charge in [-0.1, -0.05) is 93.8 Å². The first kappa shape index (κ1) is 25.4. The van der Waals surface area contributed by atoms with Gasteiger partial charge in [-0.25, -0.2) is 4.79 Å². The fourth-order valence-corrected chi connectivity index (χ4v) is 4.89. The average Bonchev–Trinajstić information content (AvgIpc) is 2.91. The normalized spacial score (nSPS) is 14.3. The average molecular weight is 482 g/mol. The van der Waals surface area contributed by atoms with Crippen LogP contribution in [0.2, 0.25) is 0 Å². The van der Waals surface area contributed by atoms with Crippen molar-refractivity contribution in [2.45, 2.75) is 58.4 Å². The monoisotopic (exact) mass is 481 g/mol. The van der Waals surface area contributed by atoms with Crippen LogP contribution < -0.4 is 4.90 Å². The molecule has 3 aromatic rings. The summed E-state index contributed by atoms with van der Waals surface area (Å²) in [5, 5.41) is 9.00. The van der Waals surface area contributed by atoms with E-state index in [0.717, 1.165) is 54.1 Å². The molecule has 0 radical (unpaired) electrons. The summed E-state index contributed by atoms with van der Waals surface area (Å²) in [5.74, 6) is -0.322. The number of hydrogen-bond acceptors (Lipinski definition) is 2. The Morgan fingerprint density at radius 3 is 2.33 bits per heavy atom. The smallest absolute Gasteiger partial charge is 0.328 e. The van der Waals surface area contributed by atoms with Crippen LogP contribution in [-0.2, 0) is 16.1 Å². The van der Waals surface area contributed by atoms with Gasteiger partial charge in [0.15, 0.2) is 0 Å². The highest BCUT2D eigenvalue weighted by atomic mass is 16.4. The predicted molar refractivity (Wildman–Crippen MR) is 147 cm³/mol. The molecule has 4 rings (SSSR count). The van der Waals surface area contributed by atoms with Crippen LogP contribution in [0.5, 0.6) is 0 Å². The number of carbonyl (C=O) groups is 2. The van der Waals surface area contributed by atoms with Crippen molar-refractivity contribution >= 4 is 23.6 Å². The van der Waals surface area contributed by atoms with Crippen LogP contribution in [0.3, 0.4) is 0 Å². The van der Waals surface area contributed by atoms with E-state index in [2.05, 4.69) is 62.4 Å². The van der Waals surface area contributed by atoms with Crippen LogP contribution in [-0.4, -0.2) is 17.0 Å². The Balaban J connectivity index is 1.61. The van der Waals surface area contributed by atoms with Crippen molar-refractivity contribution in [1.29, 1.82) is 0 Å². The van der Waals surface area contributed by atoms with Crippen molar-refractivity contribution in [3.05, 3.63) is 95.6 Å². The topological polar surface area (TPSA) is 57.6 Å². The SMILES string of the molecule is CC(C)c1cccc(-c2ccc(CN(C(=O)C3CCCCC3)c3cccc(C=CC(=O)O)c3)cc2)c1. The molecule has 1 amide bonds. The van der Waals surface area contributed by atoms with E-state index < -0.39 is 5.97 Å². The van der Waals surface area contributed by atoms with Gasteiger partial charge in [0.2, 0.25) is 5.91 Å². The van der Waals surface area contributed by atoms with Crippen molar-refractivity contribution in [2.75, 3.05) is 4.90 Å². The van der Waals surface area contributed by atoms with Crippen LogP contribution in [0, 0.1) is 5.92 Å². The molecule has 0 bridgehead atoms. The molecule has 4 heteroatoms. The number of anilines is 1. The minimum atomic E-state index is -0.991. The molecule has 4 nitrogen and oxygen atoms in total. The maximum atomic E-state index is 13.7. The van der Waals surface area contributed by atoms with Crippen molar-refractivity contribution in [2.24, 2.45) is 5.92 Å². The van der Waals surface area contributed by atoms with Gasteiger partial charge < -0.3 is 10.0 Å². The Hall–Kier alpha value is -3.66. The van der Waals surface area contributed by atoms with Crippen LogP contribution in [0.1, 0.15) is 68.6 Å². The second-order valence-corrected chi connectivity index (χ2v) is 10.0. The molecule has 186 valence electrons. The van der Waals surface area contributed by atoms with E-state index >= 15 is 0 Å². The molecule has 1 N–H and O–H groups in total. The first-order valence-corrected chi connectivity index (χ1v) is 12.9. The Kier molecular flexibility index (Phi) is 8.37. The van der Waals surface area contributed by atoms with Gasteiger partial charge >= 0.3 is 5.97 Å². The van der Waals surface area contributed by atoms with E-state index in [1.54, 1.807) is 6.08 Å². The molecule has 0 atom stereocenters. The Labute approximate surface area is 214 Å². The van der Waals surface area contributed by atoms with E-state index in [9.17, 15) is 9.59 Å². The van der Waals surface area contributed by atoms with Gasteiger partial charge in [-0.05, 0) is 64.8 Å². The predicted octanol–water partition coefficient (Wildman–Crippen LogP) is 7.69. The number of carboxylic acid groups (broad SMARTS) is 1. The standard InChI is InChI=1S/C32H35NO3/c1-23(2)28-11-7-12-29(21-28)26-17-14-25(15-18-26)22-33(32(36)27-9-4-3-5-10-27)30-13-6-8-24(20-30)16-19-31(34)35/h6-8,11-21,23,27H,3-5,9-10,22H2,1-2H3,(H,34,35). The van der Waals surface area contributed by atoms with Crippen molar-refractivity contribution < 1.29 is 14.7 Å². The van der Waals surface area contributed by atoms with Crippen LogP contribution in [0.15, 0.2) is 78.9 Å². The molecule has 0 saturated heterocycles. The summed E-state index contributed by atoms with van der Waals surface area (Å²) in [4.78, 5) is 26.5. The number of amides is 1. The third-order valence-electron chi connectivity index (χ3n) is 7.00. The number of carbonyl (C=O) groups excluding carboxylic acids is 1. The summed E-state index contributed by atoms with van der Waals surface area (Å²) in [6.45, 7) is 4.88. The van der Waals surface area contributed by atoms with Crippen molar-refractivity contribution in [3.8, 4) is 11.1 Å². The molecule has 0 heterocycles. The van der Waals surface area contributed by atoms with Crippen molar-refractivity contribution in [1.82, 2.24) is 0 Å². The quantitative estimate of drug-likeness (QED) is 0.336. The molecule has 0 aliphatic heterocycles. The lowest BCUT2D eigenvalue weighted by Crippen LogP contribution is -2.36. The Morgan fingerprint density at radius 1 is 0.917 bits per heavy atom. The summed E-state index contributed by atoms with van der Waals surface area (Å²) in [6.07, 6.45) is 7.93. The van der Waals surface area contributed by atoms with Gasteiger partial charge in [-0.3, -0.25) is 4.79 Å². The molecule has 1 aliphatic rings. The highest BCUT2D eigenvalue weighted by molar-refractivity contribution is 5.95.